The third-order valence-corrected chi connectivity index (χ3v) is 4.48. The first-order valence-electron chi connectivity index (χ1n) is 8.39. The van der Waals surface area contributed by atoms with Gasteiger partial charge in [-0.3, -0.25) is 4.79 Å². The molecule has 1 N–H and O–H groups in total. The second-order valence-electron chi connectivity index (χ2n) is 6.36. The molecule has 1 aromatic carbocycles. The van der Waals surface area contributed by atoms with Crippen LogP contribution in [0.5, 0.6) is 5.75 Å². The molecule has 0 aliphatic carbocycles. The molecule has 2 rings (SSSR count). The minimum Gasteiger partial charge on any atom is -0.496 e. The van der Waals surface area contributed by atoms with Crippen LogP contribution in [0.2, 0.25) is 0 Å². The highest BCUT2D eigenvalue weighted by Crippen LogP contribution is 2.36. The number of hydrogen-bond donors (Lipinski definition) is 1. The molecule has 0 aliphatic heterocycles. The van der Waals surface area contributed by atoms with Crippen molar-refractivity contribution in [2.75, 3.05) is 19.1 Å². The maximum absolute atomic E-state index is 12.0. The Hall–Kier alpha value is -2.30. The first-order valence-corrected chi connectivity index (χ1v) is 8.39. The molecule has 5 heteroatoms. The SMILES string of the molecule is CCC(=O)N(C)c1ccc(OC)c([C@@H](Cc2cnc[nH]2)C(C)C)c1. The van der Waals surface area contributed by atoms with Crippen LogP contribution in [-0.2, 0) is 11.2 Å². The van der Waals surface area contributed by atoms with E-state index in [1.54, 1.807) is 18.3 Å². The molecule has 0 bridgehead atoms. The second kappa shape index (κ2) is 7.99. The maximum atomic E-state index is 12.0. The summed E-state index contributed by atoms with van der Waals surface area (Å²) in [5, 5.41) is 0. The van der Waals surface area contributed by atoms with E-state index in [-0.39, 0.29) is 11.8 Å². The number of rotatable bonds is 7. The molecule has 0 saturated carbocycles. The van der Waals surface area contributed by atoms with Crippen molar-refractivity contribution in [2.24, 2.45) is 5.92 Å². The van der Waals surface area contributed by atoms with Crippen LogP contribution in [0, 0.1) is 5.92 Å². The predicted octanol–water partition coefficient (Wildman–Crippen LogP) is 3.77. The van der Waals surface area contributed by atoms with E-state index in [9.17, 15) is 4.79 Å². The lowest BCUT2D eigenvalue weighted by Crippen LogP contribution is -2.25. The molecule has 0 spiro atoms. The number of anilines is 1. The van der Waals surface area contributed by atoms with Gasteiger partial charge in [0.25, 0.3) is 0 Å². The normalized spacial score (nSPS) is 12.2. The maximum Gasteiger partial charge on any atom is 0.226 e. The molecule has 0 radical (unpaired) electrons. The number of methoxy groups -OCH3 is 1. The number of carbonyl (C=O) groups is 1. The number of nitrogens with zero attached hydrogens (tertiary/aromatic N) is 2. The van der Waals surface area contributed by atoms with E-state index >= 15 is 0 Å². The number of hydrogen-bond acceptors (Lipinski definition) is 3. The topological polar surface area (TPSA) is 58.2 Å². The van der Waals surface area contributed by atoms with Gasteiger partial charge in [-0.2, -0.15) is 0 Å². The van der Waals surface area contributed by atoms with E-state index in [1.165, 1.54) is 0 Å². The van der Waals surface area contributed by atoms with Crippen molar-refractivity contribution in [1.82, 2.24) is 9.97 Å². The number of ether oxygens (including phenoxy) is 1. The standard InChI is InChI=1S/C19H27N3O2/c1-6-19(23)22(4)15-7-8-18(24-5)17(10-15)16(13(2)3)9-14-11-20-12-21-14/h7-8,10-13,16H,6,9H2,1-5H3,(H,20,21)/t16-/m0/s1. The zero-order valence-corrected chi connectivity index (χ0v) is 15.2. The molecule has 0 unspecified atom stereocenters. The Balaban J connectivity index is 2.41. The summed E-state index contributed by atoms with van der Waals surface area (Å²) in [6.07, 6.45) is 4.90. The number of carbonyl (C=O) groups excluding carboxylic acids is 1. The largest absolute Gasteiger partial charge is 0.496 e. The summed E-state index contributed by atoms with van der Waals surface area (Å²) in [7, 11) is 3.50. The molecular weight excluding hydrogens is 302 g/mol. The smallest absolute Gasteiger partial charge is 0.226 e. The van der Waals surface area contributed by atoms with Gasteiger partial charge in [-0.05, 0) is 42.0 Å². The average Bonchev–Trinajstić information content (AvgIpc) is 3.10. The van der Waals surface area contributed by atoms with Crippen molar-refractivity contribution < 1.29 is 9.53 Å². The molecule has 0 saturated heterocycles. The molecule has 1 atom stereocenters. The first-order chi connectivity index (χ1) is 11.5. The lowest BCUT2D eigenvalue weighted by atomic mass is 9.84. The van der Waals surface area contributed by atoms with Crippen LogP contribution in [0.4, 0.5) is 5.69 Å². The van der Waals surface area contributed by atoms with Crippen LogP contribution in [0.1, 0.15) is 44.4 Å². The lowest BCUT2D eigenvalue weighted by molar-refractivity contribution is -0.118. The molecule has 2 aromatic rings. The molecular formula is C19H27N3O2. The number of nitrogens with one attached hydrogen (secondary N) is 1. The Bertz CT molecular complexity index is 665. The summed E-state index contributed by atoms with van der Waals surface area (Å²) in [6.45, 7) is 6.28. The van der Waals surface area contributed by atoms with Crippen LogP contribution in [0.3, 0.4) is 0 Å². The van der Waals surface area contributed by atoms with Crippen LogP contribution in [0.25, 0.3) is 0 Å². The fourth-order valence-electron chi connectivity index (χ4n) is 2.94. The minimum absolute atomic E-state index is 0.0979. The highest BCUT2D eigenvalue weighted by Gasteiger charge is 2.22. The molecule has 0 aliphatic rings. The average molecular weight is 329 g/mol. The highest BCUT2D eigenvalue weighted by atomic mass is 16.5. The Morgan fingerprint density at radius 3 is 2.67 bits per heavy atom. The Morgan fingerprint density at radius 1 is 1.38 bits per heavy atom. The summed E-state index contributed by atoms with van der Waals surface area (Å²) >= 11 is 0. The van der Waals surface area contributed by atoms with Gasteiger partial charge in [0.15, 0.2) is 0 Å². The summed E-state index contributed by atoms with van der Waals surface area (Å²) in [5.74, 6) is 1.64. The fourth-order valence-corrected chi connectivity index (χ4v) is 2.94. The van der Waals surface area contributed by atoms with Crippen molar-refractivity contribution in [3.63, 3.8) is 0 Å². The quantitative estimate of drug-likeness (QED) is 0.841. The van der Waals surface area contributed by atoms with Crippen LogP contribution < -0.4 is 9.64 Å². The Kier molecular flexibility index (Phi) is 6.01. The van der Waals surface area contributed by atoms with E-state index in [0.717, 1.165) is 29.1 Å². The second-order valence-corrected chi connectivity index (χ2v) is 6.36. The molecule has 130 valence electrons. The number of amides is 1. The molecule has 0 fully saturated rings. The van der Waals surface area contributed by atoms with E-state index in [2.05, 4.69) is 29.9 Å². The molecule has 1 amide bonds. The summed E-state index contributed by atoms with van der Waals surface area (Å²) in [6, 6.07) is 5.96. The predicted molar refractivity (Wildman–Crippen MR) is 96.6 cm³/mol. The van der Waals surface area contributed by atoms with Gasteiger partial charge in [0.2, 0.25) is 5.91 Å². The van der Waals surface area contributed by atoms with Crippen LogP contribution >= 0.6 is 0 Å². The number of aromatic amines is 1. The van der Waals surface area contributed by atoms with Gasteiger partial charge < -0.3 is 14.6 Å². The van der Waals surface area contributed by atoms with Gasteiger partial charge in [0.1, 0.15) is 5.75 Å². The van der Waals surface area contributed by atoms with Gasteiger partial charge in [-0.1, -0.05) is 20.8 Å². The number of imidazole rings is 1. The van der Waals surface area contributed by atoms with Gasteiger partial charge in [-0.15, -0.1) is 0 Å². The highest BCUT2D eigenvalue weighted by molar-refractivity contribution is 5.92. The van der Waals surface area contributed by atoms with Gasteiger partial charge in [0, 0.05) is 31.0 Å². The van der Waals surface area contributed by atoms with E-state index in [1.807, 2.05) is 32.3 Å². The van der Waals surface area contributed by atoms with E-state index < -0.39 is 0 Å². The number of benzene rings is 1. The number of H-pyrrole nitrogens is 1. The monoisotopic (exact) mass is 329 g/mol. The first kappa shape index (κ1) is 18.0. The third kappa shape index (κ3) is 3.96. The van der Waals surface area contributed by atoms with Gasteiger partial charge in [0.05, 0.1) is 13.4 Å². The zero-order chi connectivity index (χ0) is 17.7. The molecule has 1 aromatic heterocycles. The Labute approximate surface area is 144 Å². The van der Waals surface area contributed by atoms with Gasteiger partial charge in [-0.25, -0.2) is 4.98 Å². The van der Waals surface area contributed by atoms with Crippen molar-refractivity contribution in [2.45, 2.75) is 39.5 Å². The van der Waals surface area contributed by atoms with Crippen LogP contribution in [0.15, 0.2) is 30.7 Å². The van der Waals surface area contributed by atoms with Crippen molar-refractivity contribution in [3.05, 3.63) is 42.0 Å². The van der Waals surface area contributed by atoms with Crippen LogP contribution in [-0.4, -0.2) is 30.0 Å². The molecule has 1 heterocycles. The summed E-state index contributed by atoms with van der Waals surface area (Å²) in [4.78, 5) is 21.0. The summed E-state index contributed by atoms with van der Waals surface area (Å²) in [5.41, 5.74) is 3.11. The Morgan fingerprint density at radius 2 is 2.12 bits per heavy atom. The van der Waals surface area contributed by atoms with Gasteiger partial charge >= 0.3 is 0 Å². The fraction of sp³-hybridized carbons (Fsp3) is 0.474. The zero-order valence-electron chi connectivity index (χ0n) is 15.2. The minimum atomic E-state index is 0.0979. The lowest BCUT2D eigenvalue weighted by Gasteiger charge is -2.25. The van der Waals surface area contributed by atoms with E-state index in [0.29, 0.717) is 12.3 Å². The third-order valence-electron chi connectivity index (χ3n) is 4.48. The summed E-state index contributed by atoms with van der Waals surface area (Å²) < 4.78 is 5.59. The molecule has 24 heavy (non-hydrogen) atoms. The number of aromatic nitrogens is 2. The van der Waals surface area contributed by atoms with Crippen molar-refractivity contribution in [1.29, 1.82) is 0 Å². The van der Waals surface area contributed by atoms with E-state index in [4.69, 9.17) is 4.74 Å². The van der Waals surface area contributed by atoms with Crippen molar-refractivity contribution in [3.8, 4) is 5.75 Å². The van der Waals surface area contributed by atoms with Crippen molar-refractivity contribution >= 4 is 11.6 Å². The molecule has 5 nitrogen and oxygen atoms in total.